The molecule has 3 heteroatoms. The summed E-state index contributed by atoms with van der Waals surface area (Å²) in [7, 11) is 0. The maximum atomic E-state index is 12.0. The van der Waals surface area contributed by atoms with Gasteiger partial charge in [0.05, 0.1) is 6.54 Å². The normalized spacial score (nSPS) is 22.1. The van der Waals surface area contributed by atoms with E-state index in [9.17, 15) is 4.79 Å². The van der Waals surface area contributed by atoms with Crippen molar-refractivity contribution in [3.63, 3.8) is 0 Å². The molecule has 2 fully saturated rings. The Balaban J connectivity index is 1.39. The van der Waals surface area contributed by atoms with Crippen LogP contribution in [0.4, 0.5) is 0 Å². The number of carbonyl (C=O) groups is 1. The average Bonchev–Trinajstić information content (AvgIpc) is 2.59. The summed E-state index contributed by atoms with van der Waals surface area (Å²) in [6.45, 7) is 5.31. The van der Waals surface area contributed by atoms with Crippen molar-refractivity contribution in [1.29, 1.82) is 0 Å². The first-order chi connectivity index (χ1) is 11.2. The monoisotopic (exact) mass is 315 g/mol. The van der Waals surface area contributed by atoms with Crippen LogP contribution < -0.4 is 0 Å². The smallest absolute Gasteiger partial charge is 0.320 e. The molecule has 3 rings (SSSR count). The van der Waals surface area contributed by atoms with E-state index in [4.69, 9.17) is 4.74 Å². The zero-order chi connectivity index (χ0) is 16.1. The number of ether oxygens (including phenoxy) is 1. The van der Waals surface area contributed by atoms with Gasteiger partial charge in [-0.15, -0.1) is 0 Å². The van der Waals surface area contributed by atoms with Gasteiger partial charge < -0.3 is 4.74 Å². The zero-order valence-corrected chi connectivity index (χ0v) is 14.3. The Bertz CT molecular complexity index is 496. The third-order valence-corrected chi connectivity index (χ3v) is 5.85. The molecule has 0 unspecified atom stereocenters. The van der Waals surface area contributed by atoms with Crippen LogP contribution >= 0.6 is 0 Å². The van der Waals surface area contributed by atoms with Gasteiger partial charge in [0, 0.05) is 0 Å². The van der Waals surface area contributed by atoms with Gasteiger partial charge in [0.1, 0.15) is 6.61 Å². The second-order valence-corrected chi connectivity index (χ2v) is 7.60. The van der Waals surface area contributed by atoms with Gasteiger partial charge in [-0.2, -0.15) is 0 Å². The summed E-state index contributed by atoms with van der Waals surface area (Å²) in [6, 6.07) is 9.89. The Morgan fingerprint density at radius 2 is 1.78 bits per heavy atom. The minimum absolute atomic E-state index is 0.0953. The maximum absolute atomic E-state index is 12.0. The van der Waals surface area contributed by atoms with E-state index in [-0.39, 0.29) is 5.97 Å². The molecule has 0 amide bonds. The molecule has 2 aliphatic rings. The molecule has 126 valence electrons. The Hall–Kier alpha value is -1.35. The fraction of sp³-hybridized carbons (Fsp3) is 0.650. The minimum atomic E-state index is -0.0953. The molecule has 0 bridgehead atoms. The Kier molecular flexibility index (Phi) is 5.37. The summed E-state index contributed by atoms with van der Waals surface area (Å²) < 4.78 is 5.40. The summed E-state index contributed by atoms with van der Waals surface area (Å²) in [5.41, 5.74) is 1.63. The van der Waals surface area contributed by atoms with Gasteiger partial charge in [0.2, 0.25) is 0 Å². The van der Waals surface area contributed by atoms with E-state index in [2.05, 4.69) is 11.8 Å². The van der Waals surface area contributed by atoms with Crippen LogP contribution in [0.1, 0.15) is 51.0 Å². The van der Waals surface area contributed by atoms with Gasteiger partial charge in [0.25, 0.3) is 0 Å². The first kappa shape index (κ1) is 16.5. The molecule has 23 heavy (non-hydrogen) atoms. The lowest BCUT2D eigenvalue weighted by Gasteiger charge is -2.45. The number of piperidine rings is 1. The van der Waals surface area contributed by atoms with Crippen molar-refractivity contribution in [3.05, 3.63) is 35.9 Å². The van der Waals surface area contributed by atoms with E-state index in [1.807, 2.05) is 30.3 Å². The van der Waals surface area contributed by atoms with Crippen molar-refractivity contribution in [2.45, 2.75) is 52.1 Å². The summed E-state index contributed by atoms with van der Waals surface area (Å²) >= 11 is 0. The zero-order valence-electron chi connectivity index (χ0n) is 14.3. The van der Waals surface area contributed by atoms with Gasteiger partial charge in [-0.25, -0.2) is 0 Å². The van der Waals surface area contributed by atoms with E-state index >= 15 is 0 Å². The summed E-state index contributed by atoms with van der Waals surface area (Å²) in [4.78, 5) is 14.3. The molecule has 1 aliphatic heterocycles. The molecule has 3 nitrogen and oxygen atoms in total. The van der Waals surface area contributed by atoms with Crippen LogP contribution in [0.5, 0.6) is 0 Å². The Morgan fingerprint density at radius 1 is 1.13 bits per heavy atom. The molecular formula is C20H29NO2. The van der Waals surface area contributed by atoms with Crippen molar-refractivity contribution in [2.24, 2.45) is 11.3 Å². The van der Waals surface area contributed by atoms with E-state index in [0.29, 0.717) is 18.6 Å². The lowest BCUT2D eigenvalue weighted by atomic mass is 9.66. The molecule has 1 aromatic rings. The predicted molar refractivity (Wildman–Crippen MR) is 92.0 cm³/mol. The maximum Gasteiger partial charge on any atom is 0.320 e. The number of benzene rings is 1. The highest BCUT2D eigenvalue weighted by molar-refractivity contribution is 5.71. The lowest BCUT2D eigenvalue weighted by Crippen LogP contribution is -2.43. The van der Waals surface area contributed by atoms with E-state index in [1.165, 1.54) is 38.5 Å². The summed E-state index contributed by atoms with van der Waals surface area (Å²) in [6.07, 6.45) is 8.07. The number of hydrogen-bond acceptors (Lipinski definition) is 3. The molecule has 1 heterocycles. The molecule has 0 radical (unpaired) electrons. The van der Waals surface area contributed by atoms with Crippen LogP contribution in [-0.2, 0) is 16.1 Å². The minimum Gasteiger partial charge on any atom is -0.460 e. The van der Waals surface area contributed by atoms with E-state index < -0.39 is 0 Å². The van der Waals surface area contributed by atoms with Crippen molar-refractivity contribution in [3.8, 4) is 0 Å². The van der Waals surface area contributed by atoms with Gasteiger partial charge in [-0.3, -0.25) is 9.69 Å². The topological polar surface area (TPSA) is 29.5 Å². The Morgan fingerprint density at radius 3 is 2.43 bits per heavy atom. The standard InChI is InChI=1S/C20H29NO2/c1-17-7-9-20(10-8-17)11-13-21(14-12-20)15-19(22)23-16-18-5-3-2-4-6-18/h2-6,17H,7-16H2,1H3. The van der Waals surface area contributed by atoms with Crippen molar-refractivity contribution in [2.75, 3.05) is 19.6 Å². The molecule has 0 atom stereocenters. The third kappa shape index (κ3) is 4.57. The Labute approximate surface area is 140 Å². The largest absolute Gasteiger partial charge is 0.460 e. The van der Waals surface area contributed by atoms with Gasteiger partial charge in [0.15, 0.2) is 0 Å². The second-order valence-electron chi connectivity index (χ2n) is 7.60. The lowest BCUT2D eigenvalue weighted by molar-refractivity contribution is -0.147. The number of esters is 1. The predicted octanol–water partition coefficient (Wildman–Crippen LogP) is 4.02. The van der Waals surface area contributed by atoms with Crippen LogP contribution in [0.25, 0.3) is 0 Å². The quantitative estimate of drug-likeness (QED) is 0.786. The number of hydrogen-bond donors (Lipinski definition) is 0. The third-order valence-electron chi connectivity index (χ3n) is 5.85. The fourth-order valence-corrected chi connectivity index (χ4v) is 4.03. The van der Waals surface area contributed by atoms with Gasteiger partial charge in [-0.05, 0) is 55.7 Å². The molecule has 1 saturated heterocycles. The van der Waals surface area contributed by atoms with Crippen LogP contribution in [0.15, 0.2) is 30.3 Å². The highest BCUT2D eigenvalue weighted by Gasteiger charge is 2.37. The van der Waals surface area contributed by atoms with Crippen molar-refractivity contribution in [1.82, 2.24) is 4.90 Å². The molecule has 1 aromatic carbocycles. The summed E-state index contributed by atoms with van der Waals surface area (Å²) in [5, 5.41) is 0. The molecule has 1 saturated carbocycles. The highest BCUT2D eigenvalue weighted by atomic mass is 16.5. The molecule has 1 spiro atoms. The number of likely N-dealkylation sites (tertiary alicyclic amines) is 1. The number of nitrogens with zero attached hydrogens (tertiary/aromatic N) is 1. The number of rotatable bonds is 4. The van der Waals surface area contributed by atoms with Crippen LogP contribution in [0, 0.1) is 11.3 Å². The van der Waals surface area contributed by atoms with E-state index in [0.717, 1.165) is 24.6 Å². The summed E-state index contributed by atoms with van der Waals surface area (Å²) in [5.74, 6) is 0.814. The van der Waals surface area contributed by atoms with Crippen molar-refractivity contribution < 1.29 is 9.53 Å². The average molecular weight is 315 g/mol. The van der Waals surface area contributed by atoms with Crippen molar-refractivity contribution >= 4 is 5.97 Å². The molecular weight excluding hydrogens is 286 g/mol. The SMILES string of the molecule is CC1CCC2(CC1)CCN(CC(=O)OCc1ccccc1)CC2. The first-order valence-corrected chi connectivity index (χ1v) is 9.07. The highest BCUT2D eigenvalue weighted by Crippen LogP contribution is 2.46. The fourth-order valence-electron chi connectivity index (χ4n) is 4.03. The van der Waals surface area contributed by atoms with E-state index in [1.54, 1.807) is 0 Å². The molecule has 0 N–H and O–H groups in total. The first-order valence-electron chi connectivity index (χ1n) is 9.07. The van der Waals surface area contributed by atoms with Gasteiger partial charge >= 0.3 is 5.97 Å². The van der Waals surface area contributed by atoms with Gasteiger partial charge in [-0.1, -0.05) is 50.1 Å². The molecule has 0 aromatic heterocycles. The van der Waals surface area contributed by atoms with Crippen LogP contribution in [0.3, 0.4) is 0 Å². The van der Waals surface area contributed by atoms with Crippen LogP contribution in [0.2, 0.25) is 0 Å². The second kappa shape index (κ2) is 7.48. The number of carbonyl (C=O) groups excluding carboxylic acids is 1. The van der Waals surface area contributed by atoms with Crippen LogP contribution in [-0.4, -0.2) is 30.5 Å². The molecule has 1 aliphatic carbocycles.